The molecule has 5 nitrogen and oxygen atoms in total. The molecule has 1 fully saturated rings. The van der Waals surface area contributed by atoms with Crippen LogP contribution in [0.2, 0.25) is 0 Å². The van der Waals surface area contributed by atoms with Crippen molar-refractivity contribution < 1.29 is 9.59 Å². The van der Waals surface area contributed by atoms with E-state index in [0.717, 1.165) is 43.5 Å². The SMILES string of the molecule is CC[C@@H](NC(=O)c1cc(C(=O)N[C@@H](C)C2CC2)n2c1CCCC2)c1ccccc1. The van der Waals surface area contributed by atoms with E-state index in [0.29, 0.717) is 17.2 Å². The summed E-state index contributed by atoms with van der Waals surface area (Å²) in [5.41, 5.74) is 3.39. The molecule has 2 atom stereocenters. The number of nitrogens with zero attached hydrogens (tertiary/aromatic N) is 1. The Morgan fingerprint density at radius 2 is 1.86 bits per heavy atom. The van der Waals surface area contributed by atoms with Crippen molar-refractivity contribution in [2.75, 3.05) is 0 Å². The fourth-order valence-electron chi connectivity index (χ4n) is 4.40. The Kier molecular flexibility index (Phi) is 5.74. The monoisotopic (exact) mass is 393 g/mol. The molecule has 154 valence electrons. The third kappa shape index (κ3) is 4.24. The molecule has 2 aromatic rings. The van der Waals surface area contributed by atoms with Gasteiger partial charge in [0.1, 0.15) is 5.69 Å². The minimum Gasteiger partial charge on any atom is -0.348 e. The van der Waals surface area contributed by atoms with Gasteiger partial charge in [-0.25, -0.2) is 0 Å². The zero-order valence-electron chi connectivity index (χ0n) is 17.4. The van der Waals surface area contributed by atoms with E-state index in [1.807, 2.05) is 36.4 Å². The van der Waals surface area contributed by atoms with Crippen molar-refractivity contribution in [2.24, 2.45) is 5.92 Å². The summed E-state index contributed by atoms with van der Waals surface area (Å²) in [5.74, 6) is 0.469. The van der Waals surface area contributed by atoms with Crippen LogP contribution in [0.3, 0.4) is 0 Å². The third-order valence-electron chi connectivity index (χ3n) is 6.33. The van der Waals surface area contributed by atoms with E-state index in [1.54, 1.807) is 0 Å². The van der Waals surface area contributed by atoms with Gasteiger partial charge in [0, 0.05) is 18.3 Å². The second kappa shape index (κ2) is 8.44. The van der Waals surface area contributed by atoms with Gasteiger partial charge in [0.2, 0.25) is 0 Å². The number of hydrogen-bond acceptors (Lipinski definition) is 2. The van der Waals surface area contributed by atoms with Gasteiger partial charge >= 0.3 is 0 Å². The van der Waals surface area contributed by atoms with E-state index in [2.05, 4.69) is 29.0 Å². The molecule has 0 unspecified atom stereocenters. The van der Waals surface area contributed by atoms with Gasteiger partial charge in [-0.1, -0.05) is 37.3 Å². The van der Waals surface area contributed by atoms with Crippen molar-refractivity contribution in [1.29, 1.82) is 0 Å². The molecule has 2 amide bonds. The summed E-state index contributed by atoms with van der Waals surface area (Å²) in [6, 6.07) is 12.0. The lowest BCUT2D eigenvalue weighted by atomic mass is 10.0. The summed E-state index contributed by atoms with van der Waals surface area (Å²) in [7, 11) is 0. The molecule has 1 aromatic carbocycles. The van der Waals surface area contributed by atoms with Crippen molar-refractivity contribution in [2.45, 2.75) is 71.0 Å². The molecule has 1 aromatic heterocycles. The van der Waals surface area contributed by atoms with Crippen molar-refractivity contribution in [3.8, 4) is 0 Å². The lowest BCUT2D eigenvalue weighted by Gasteiger charge is -2.21. The van der Waals surface area contributed by atoms with Crippen LogP contribution in [0.4, 0.5) is 0 Å². The lowest BCUT2D eigenvalue weighted by Crippen LogP contribution is -2.35. The Labute approximate surface area is 172 Å². The maximum Gasteiger partial charge on any atom is 0.268 e. The molecular formula is C24H31N3O2. The predicted molar refractivity (Wildman–Crippen MR) is 114 cm³/mol. The van der Waals surface area contributed by atoms with Gasteiger partial charge in [-0.15, -0.1) is 0 Å². The first-order valence-corrected chi connectivity index (χ1v) is 11.0. The quantitative estimate of drug-likeness (QED) is 0.739. The van der Waals surface area contributed by atoms with Gasteiger partial charge in [-0.3, -0.25) is 9.59 Å². The van der Waals surface area contributed by atoms with Gasteiger partial charge in [0.25, 0.3) is 11.8 Å². The van der Waals surface area contributed by atoms with Crippen LogP contribution in [-0.4, -0.2) is 22.4 Å². The largest absolute Gasteiger partial charge is 0.348 e. The normalized spacial score (nSPS) is 17.9. The summed E-state index contributed by atoms with van der Waals surface area (Å²) in [4.78, 5) is 26.1. The van der Waals surface area contributed by atoms with E-state index >= 15 is 0 Å². The van der Waals surface area contributed by atoms with Gasteiger partial charge in [-0.2, -0.15) is 0 Å². The van der Waals surface area contributed by atoms with Crippen molar-refractivity contribution in [3.05, 3.63) is 58.9 Å². The molecular weight excluding hydrogens is 362 g/mol. The number of nitrogens with one attached hydrogen (secondary N) is 2. The van der Waals surface area contributed by atoms with Crippen molar-refractivity contribution >= 4 is 11.8 Å². The van der Waals surface area contributed by atoms with Crippen LogP contribution >= 0.6 is 0 Å². The molecule has 0 saturated heterocycles. The average Bonchev–Trinajstić information content (AvgIpc) is 3.53. The maximum absolute atomic E-state index is 13.2. The molecule has 29 heavy (non-hydrogen) atoms. The molecule has 2 heterocycles. The third-order valence-corrected chi connectivity index (χ3v) is 6.33. The van der Waals surface area contributed by atoms with Crippen LogP contribution in [0, 0.1) is 5.92 Å². The molecule has 4 rings (SSSR count). The summed E-state index contributed by atoms with van der Waals surface area (Å²) < 4.78 is 2.07. The minimum absolute atomic E-state index is 0.0324. The number of amides is 2. The molecule has 1 saturated carbocycles. The Hall–Kier alpha value is -2.56. The molecule has 0 spiro atoms. The molecule has 0 radical (unpaired) electrons. The molecule has 0 bridgehead atoms. The molecule has 2 N–H and O–H groups in total. The first-order chi connectivity index (χ1) is 14.1. The second-order valence-electron chi connectivity index (χ2n) is 8.44. The van der Waals surface area contributed by atoms with Gasteiger partial charge < -0.3 is 15.2 Å². The summed E-state index contributed by atoms with van der Waals surface area (Å²) in [6.45, 7) is 4.96. The fraction of sp³-hybridized carbons (Fsp3) is 0.500. The number of carbonyl (C=O) groups excluding carboxylic acids is 2. The van der Waals surface area contributed by atoms with Gasteiger partial charge in [0.05, 0.1) is 11.6 Å². The molecule has 2 aliphatic rings. The number of benzene rings is 1. The number of hydrogen-bond donors (Lipinski definition) is 2. The van der Waals surface area contributed by atoms with Crippen molar-refractivity contribution in [3.63, 3.8) is 0 Å². The van der Waals surface area contributed by atoms with E-state index in [-0.39, 0.29) is 23.9 Å². The second-order valence-corrected chi connectivity index (χ2v) is 8.44. The summed E-state index contributed by atoms with van der Waals surface area (Å²) in [5, 5.41) is 6.33. The Bertz CT molecular complexity index is 883. The highest BCUT2D eigenvalue weighted by Gasteiger charge is 2.31. The summed E-state index contributed by atoms with van der Waals surface area (Å²) >= 11 is 0. The van der Waals surface area contributed by atoms with Crippen LogP contribution in [0.15, 0.2) is 36.4 Å². The average molecular weight is 394 g/mol. The van der Waals surface area contributed by atoms with Gasteiger partial charge in [-0.05, 0) is 63.0 Å². The number of fused-ring (bicyclic) bond motifs is 1. The zero-order valence-corrected chi connectivity index (χ0v) is 17.4. The fourth-order valence-corrected chi connectivity index (χ4v) is 4.40. The van der Waals surface area contributed by atoms with E-state index < -0.39 is 0 Å². The van der Waals surface area contributed by atoms with Crippen LogP contribution < -0.4 is 10.6 Å². The van der Waals surface area contributed by atoms with Crippen molar-refractivity contribution in [1.82, 2.24) is 15.2 Å². The minimum atomic E-state index is -0.0827. The standard InChI is InChI=1S/C24H31N3O2/c1-3-20(18-9-5-4-6-10-18)26-23(28)19-15-22(27-14-8-7-11-21(19)27)24(29)25-16(2)17-12-13-17/h4-6,9-10,15-17,20H,3,7-8,11-14H2,1-2H3,(H,25,29)(H,26,28)/t16-,20+/m0/s1. The number of aromatic nitrogens is 1. The smallest absolute Gasteiger partial charge is 0.268 e. The molecule has 1 aliphatic carbocycles. The first-order valence-electron chi connectivity index (χ1n) is 11.0. The van der Waals surface area contributed by atoms with E-state index in [9.17, 15) is 9.59 Å². The Balaban J connectivity index is 1.57. The van der Waals surface area contributed by atoms with E-state index in [1.165, 1.54) is 12.8 Å². The van der Waals surface area contributed by atoms with Crippen LogP contribution in [0.25, 0.3) is 0 Å². The lowest BCUT2D eigenvalue weighted by molar-refractivity contribution is 0.0922. The molecule has 1 aliphatic heterocycles. The van der Waals surface area contributed by atoms with Gasteiger partial charge in [0.15, 0.2) is 0 Å². The summed E-state index contributed by atoms with van der Waals surface area (Å²) in [6.07, 6.45) is 6.15. The number of rotatable bonds is 7. The Morgan fingerprint density at radius 1 is 1.10 bits per heavy atom. The van der Waals surface area contributed by atoms with Crippen LogP contribution in [-0.2, 0) is 13.0 Å². The van der Waals surface area contributed by atoms with E-state index in [4.69, 9.17) is 0 Å². The topological polar surface area (TPSA) is 63.1 Å². The maximum atomic E-state index is 13.2. The molecule has 5 heteroatoms. The van der Waals surface area contributed by atoms with Crippen LogP contribution in [0.5, 0.6) is 0 Å². The predicted octanol–water partition coefficient (Wildman–Crippen LogP) is 4.23. The zero-order chi connectivity index (χ0) is 20.4. The Morgan fingerprint density at radius 3 is 2.55 bits per heavy atom. The number of carbonyl (C=O) groups is 2. The highest BCUT2D eigenvalue weighted by Crippen LogP contribution is 2.32. The van der Waals surface area contributed by atoms with Crippen LogP contribution in [0.1, 0.15) is 84.1 Å². The first kappa shape index (κ1) is 19.7. The highest BCUT2D eigenvalue weighted by atomic mass is 16.2. The highest BCUT2D eigenvalue weighted by molar-refractivity contribution is 6.01.